The first-order chi connectivity index (χ1) is 15.6. The van der Waals surface area contributed by atoms with Crippen molar-refractivity contribution in [2.75, 3.05) is 19.6 Å². The molecular formula is C23H23N5O3S. The first-order valence-corrected chi connectivity index (χ1v) is 11.2. The van der Waals surface area contributed by atoms with E-state index < -0.39 is 17.9 Å². The molecule has 2 aromatic heterocycles. The Morgan fingerprint density at radius 3 is 2.78 bits per heavy atom. The molecule has 164 valence electrons. The summed E-state index contributed by atoms with van der Waals surface area (Å²) in [4.78, 5) is 46.0. The van der Waals surface area contributed by atoms with E-state index in [4.69, 9.17) is 0 Å². The smallest absolute Gasteiger partial charge is 0.270 e. The summed E-state index contributed by atoms with van der Waals surface area (Å²) in [7, 11) is 0. The lowest BCUT2D eigenvalue weighted by atomic mass is 10.1. The normalized spacial score (nSPS) is 17.0. The van der Waals surface area contributed by atoms with Gasteiger partial charge in [0.15, 0.2) is 5.78 Å². The number of benzene rings is 1. The number of carbonyl (C=O) groups is 3. The molecule has 8 nitrogen and oxygen atoms in total. The number of Topliss-reactive ketones (excluding diaryl/α,β-unsaturated/α-hetero) is 1. The fourth-order valence-corrected chi connectivity index (χ4v) is 4.37. The lowest BCUT2D eigenvalue weighted by molar-refractivity contribution is -0.127. The summed E-state index contributed by atoms with van der Waals surface area (Å²) >= 11 is 1.44. The predicted molar refractivity (Wildman–Crippen MR) is 122 cm³/mol. The van der Waals surface area contributed by atoms with Crippen molar-refractivity contribution in [3.05, 3.63) is 66.5 Å². The lowest BCUT2D eigenvalue weighted by Gasteiger charge is -2.18. The van der Waals surface area contributed by atoms with E-state index in [0.717, 1.165) is 23.4 Å². The van der Waals surface area contributed by atoms with Crippen molar-refractivity contribution in [1.29, 1.82) is 0 Å². The van der Waals surface area contributed by atoms with Crippen molar-refractivity contribution in [2.24, 2.45) is 0 Å². The molecule has 1 fully saturated rings. The standard InChI is InChI=1S/C23H23N5O3S/c29-20-15-28(32-22-9-3-4-12-24-22)13-5-8-18(20)27-21(30)14-25-23(31)19-11-10-16-6-1-2-7-17(16)26-19/h1-4,6-7,9-12,18H,5,8,13-15H2,(H,25,31)(H,27,30)/t18-/m1/s1. The second kappa shape index (κ2) is 10.3. The molecule has 32 heavy (non-hydrogen) atoms. The number of hydrogen-bond donors (Lipinski definition) is 2. The molecule has 4 rings (SSSR count). The molecule has 3 aromatic rings. The van der Waals surface area contributed by atoms with E-state index in [2.05, 4.69) is 20.6 Å². The quantitative estimate of drug-likeness (QED) is 0.556. The van der Waals surface area contributed by atoms with Crippen LogP contribution < -0.4 is 10.6 Å². The first-order valence-electron chi connectivity index (χ1n) is 10.4. The number of fused-ring (bicyclic) bond motifs is 1. The Balaban J connectivity index is 1.27. The number of aromatic nitrogens is 2. The van der Waals surface area contributed by atoms with Gasteiger partial charge >= 0.3 is 0 Å². The highest BCUT2D eigenvalue weighted by molar-refractivity contribution is 7.97. The molecule has 0 spiro atoms. The molecule has 1 saturated heterocycles. The fourth-order valence-electron chi connectivity index (χ4n) is 3.45. The van der Waals surface area contributed by atoms with Crippen LogP contribution in [0.2, 0.25) is 0 Å². The van der Waals surface area contributed by atoms with Crippen LogP contribution in [0.1, 0.15) is 23.3 Å². The van der Waals surface area contributed by atoms with E-state index in [1.807, 2.05) is 52.8 Å². The van der Waals surface area contributed by atoms with E-state index >= 15 is 0 Å². The Labute approximate surface area is 189 Å². The molecule has 1 aromatic carbocycles. The Hall–Kier alpha value is -3.30. The van der Waals surface area contributed by atoms with Gasteiger partial charge in [0.2, 0.25) is 5.91 Å². The van der Waals surface area contributed by atoms with Gasteiger partial charge in [0.25, 0.3) is 5.91 Å². The molecule has 2 amide bonds. The van der Waals surface area contributed by atoms with Gasteiger partial charge in [-0.3, -0.25) is 14.4 Å². The molecule has 0 saturated carbocycles. The van der Waals surface area contributed by atoms with E-state index in [-0.39, 0.29) is 24.6 Å². The van der Waals surface area contributed by atoms with E-state index in [0.29, 0.717) is 11.9 Å². The number of hydrogen-bond acceptors (Lipinski definition) is 7. The highest BCUT2D eigenvalue weighted by Gasteiger charge is 2.27. The van der Waals surface area contributed by atoms with Gasteiger partial charge in [-0.2, -0.15) is 0 Å². The van der Waals surface area contributed by atoms with Gasteiger partial charge in [-0.15, -0.1) is 0 Å². The molecule has 1 atom stereocenters. The monoisotopic (exact) mass is 449 g/mol. The highest BCUT2D eigenvalue weighted by Crippen LogP contribution is 2.23. The van der Waals surface area contributed by atoms with Crippen molar-refractivity contribution in [3.63, 3.8) is 0 Å². The van der Waals surface area contributed by atoms with Crippen molar-refractivity contribution < 1.29 is 14.4 Å². The predicted octanol–water partition coefficient (Wildman–Crippen LogP) is 2.22. The Bertz CT molecular complexity index is 1120. The van der Waals surface area contributed by atoms with Crippen molar-refractivity contribution in [1.82, 2.24) is 24.9 Å². The number of rotatable bonds is 6. The molecular weight excluding hydrogens is 426 g/mol. The van der Waals surface area contributed by atoms with E-state index in [9.17, 15) is 14.4 Å². The third kappa shape index (κ3) is 5.68. The zero-order chi connectivity index (χ0) is 22.3. The number of para-hydroxylation sites is 1. The molecule has 0 bridgehead atoms. The van der Waals surface area contributed by atoms with Gasteiger partial charge in [-0.25, -0.2) is 14.3 Å². The van der Waals surface area contributed by atoms with Gasteiger partial charge in [-0.05, 0) is 49.1 Å². The van der Waals surface area contributed by atoms with Crippen LogP contribution in [0.3, 0.4) is 0 Å². The Morgan fingerprint density at radius 1 is 1.09 bits per heavy atom. The van der Waals surface area contributed by atoms with Crippen LogP contribution in [0.5, 0.6) is 0 Å². The minimum atomic E-state index is -0.562. The van der Waals surface area contributed by atoms with Crippen LogP contribution in [-0.4, -0.2) is 57.5 Å². The molecule has 1 aliphatic rings. The zero-order valence-electron chi connectivity index (χ0n) is 17.4. The number of nitrogens with one attached hydrogen (secondary N) is 2. The van der Waals surface area contributed by atoms with E-state index in [1.165, 1.54) is 11.9 Å². The zero-order valence-corrected chi connectivity index (χ0v) is 18.2. The summed E-state index contributed by atoms with van der Waals surface area (Å²) < 4.78 is 1.96. The maximum Gasteiger partial charge on any atom is 0.270 e. The average molecular weight is 450 g/mol. The van der Waals surface area contributed by atoms with Crippen LogP contribution in [0.4, 0.5) is 0 Å². The van der Waals surface area contributed by atoms with Crippen LogP contribution in [0.25, 0.3) is 10.9 Å². The fraction of sp³-hybridized carbons (Fsp3) is 0.261. The number of pyridine rings is 2. The number of carbonyl (C=O) groups excluding carboxylic acids is 3. The van der Waals surface area contributed by atoms with Gasteiger partial charge in [0.05, 0.1) is 24.6 Å². The lowest BCUT2D eigenvalue weighted by Crippen LogP contribution is -2.46. The SMILES string of the molecule is O=C(CNC(=O)c1ccc2ccccc2n1)N[C@@H]1CCCN(Sc2ccccn2)CC1=O. The van der Waals surface area contributed by atoms with Crippen LogP contribution in [0.15, 0.2) is 65.8 Å². The molecule has 2 N–H and O–H groups in total. The van der Waals surface area contributed by atoms with Crippen molar-refractivity contribution >= 4 is 40.4 Å². The molecule has 0 radical (unpaired) electrons. The number of nitrogens with zero attached hydrogens (tertiary/aromatic N) is 3. The summed E-state index contributed by atoms with van der Waals surface area (Å²) in [5, 5.41) is 7.09. The number of ketones is 1. The maximum absolute atomic E-state index is 12.6. The Kier molecular flexibility index (Phi) is 7.08. The van der Waals surface area contributed by atoms with Crippen LogP contribution >= 0.6 is 11.9 Å². The summed E-state index contributed by atoms with van der Waals surface area (Å²) in [6.07, 6.45) is 3.04. The molecule has 9 heteroatoms. The third-order valence-corrected chi connectivity index (χ3v) is 6.06. The van der Waals surface area contributed by atoms with Gasteiger partial charge < -0.3 is 10.6 Å². The maximum atomic E-state index is 12.6. The second-order valence-corrected chi connectivity index (χ2v) is 8.54. The average Bonchev–Trinajstić information content (AvgIpc) is 2.98. The van der Waals surface area contributed by atoms with Gasteiger partial charge in [0, 0.05) is 18.1 Å². The summed E-state index contributed by atoms with van der Waals surface area (Å²) in [5.41, 5.74) is 0.950. The largest absolute Gasteiger partial charge is 0.345 e. The van der Waals surface area contributed by atoms with Gasteiger partial charge in [-0.1, -0.05) is 30.3 Å². The van der Waals surface area contributed by atoms with Crippen molar-refractivity contribution in [2.45, 2.75) is 23.9 Å². The minimum absolute atomic E-state index is 0.0539. The van der Waals surface area contributed by atoms with E-state index in [1.54, 1.807) is 12.3 Å². The molecule has 0 aliphatic carbocycles. The second-order valence-electron chi connectivity index (χ2n) is 7.42. The molecule has 3 heterocycles. The topological polar surface area (TPSA) is 104 Å². The summed E-state index contributed by atoms with van der Waals surface area (Å²) in [5.74, 6) is -0.888. The van der Waals surface area contributed by atoms with Crippen molar-refractivity contribution in [3.8, 4) is 0 Å². The molecule has 1 aliphatic heterocycles. The molecule has 0 unspecified atom stereocenters. The first kappa shape index (κ1) is 21.9. The van der Waals surface area contributed by atoms with Crippen LogP contribution in [0, 0.1) is 0 Å². The van der Waals surface area contributed by atoms with Gasteiger partial charge in [0.1, 0.15) is 10.7 Å². The Morgan fingerprint density at radius 2 is 1.94 bits per heavy atom. The third-order valence-electron chi connectivity index (χ3n) is 5.06. The summed E-state index contributed by atoms with van der Waals surface area (Å²) in [6, 6.07) is 16.0. The number of amides is 2. The minimum Gasteiger partial charge on any atom is -0.345 e. The summed E-state index contributed by atoms with van der Waals surface area (Å²) in [6.45, 7) is 0.729. The highest BCUT2D eigenvalue weighted by atomic mass is 32.2. The van der Waals surface area contributed by atoms with Crippen LogP contribution in [-0.2, 0) is 9.59 Å².